The zero-order chi connectivity index (χ0) is 11.1. The summed E-state index contributed by atoms with van der Waals surface area (Å²) in [5.74, 6) is 0.187. The number of amides is 1. The van der Waals surface area contributed by atoms with Crippen molar-refractivity contribution in [3.8, 4) is 0 Å². The minimum atomic E-state index is -0.396. The highest BCUT2D eigenvalue weighted by molar-refractivity contribution is 5.81. The highest BCUT2D eigenvalue weighted by Crippen LogP contribution is 1.99. The third kappa shape index (κ3) is 5.19. The van der Waals surface area contributed by atoms with Crippen molar-refractivity contribution in [2.45, 2.75) is 39.8 Å². The van der Waals surface area contributed by atoms with E-state index < -0.39 is 6.10 Å². The molecule has 0 saturated carbocycles. The van der Waals surface area contributed by atoms with Crippen molar-refractivity contribution in [3.63, 3.8) is 0 Å². The lowest BCUT2D eigenvalue weighted by Crippen LogP contribution is -2.45. The van der Waals surface area contributed by atoms with Gasteiger partial charge in [0.2, 0.25) is 5.91 Å². The minimum Gasteiger partial charge on any atom is -0.392 e. The molecule has 3 N–H and O–H groups in total. The predicted molar refractivity (Wildman–Crippen MR) is 57.0 cm³/mol. The van der Waals surface area contributed by atoms with E-state index in [1.807, 2.05) is 20.8 Å². The first-order chi connectivity index (χ1) is 6.49. The molecular weight excluding hydrogens is 180 g/mol. The predicted octanol–water partition coefficient (Wildman–Crippen LogP) is 0.118. The molecule has 0 aliphatic heterocycles. The van der Waals surface area contributed by atoms with Crippen LogP contribution in [0.4, 0.5) is 0 Å². The largest absolute Gasteiger partial charge is 0.392 e. The van der Waals surface area contributed by atoms with Crippen LogP contribution in [0.15, 0.2) is 0 Å². The van der Waals surface area contributed by atoms with Crippen molar-refractivity contribution in [2.75, 3.05) is 13.1 Å². The lowest BCUT2D eigenvalue weighted by molar-refractivity contribution is -0.122. The van der Waals surface area contributed by atoms with E-state index in [1.54, 1.807) is 6.92 Å². The van der Waals surface area contributed by atoms with Gasteiger partial charge in [-0.25, -0.2) is 0 Å². The van der Waals surface area contributed by atoms with E-state index in [4.69, 9.17) is 0 Å². The second kappa shape index (κ2) is 6.79. The monoisotopic (exact) mass is 202 g/mol. The summed E-state index contributed by atoms with van der Waals surface area (Å²) in [6.07, 6.45) is -0.396. The van der Waals surface area contributed by atoms with Gasteiger partial charge < -0.3 is 15.7 Å². The van der Waals surface area contributed by atoms with Crippen LogP contribution >= 0.6 is 0 Å². The van der Waals surface area contributed by atoms with Crippen LogP contribution < -0.4 is 10.6 Å². The topological polar surface area (TPSA) is 61.4 Å². The van der Waals surface area contributed by atoms with Gasteiger partial charge in [0.25, 0.3) is 0 Å². The number of rotatable bonds is 6. The average molecular weight is 202 g/mol. The Bertz CT molecular complexity index is 172. The zero-order valence-electron chi connectivity index (χ0n) is 9.50. The van der Waals surface area contributed by atoms with E-state index in [0.717, 1.165) is 0 Å². The van der Waals surface area contributed by atoms with E-state index in [2.05, 4.69) is 10.6 Å². The second-order valence-corrected chi connectivity index (χ2v) is 3.84. The zero-order valence-corrected chi connectivity index (χ0v) is 9.50. The van der Waals surface area contributed by atoms with Gasteiger partial charge in [0.15, 0.2) is 0 Å². The van der Waals surface area contributed by atoms with Gasteiger partial charge in [-0.05, 0) is 19.8 Å². The summed E-state index contributed by atoms with van der Waals surface area (Å²) in [5, 5.41) is 15.2. The molecule has 0 bridgehead atoms. The van der Waals surface area contributed by atoms with Gasteiger partial charge >= 0.3 is 0 Å². The molecule has 0 aliphatic carbocycles. The lowest BCUT2D eigenvalue weighted by Gasteiger charge is -2.18. The maximum atomic E-state index is 11.3. The summed E-state index contributed by atoms with van der Waals surface area (Å²) in [7, 11) is 0. The van der Waals surface area contributed by atoms with Crippen LogP contribution in [0.2, 0.25) is 0 Å². The molecule has 1 amide bonds. The van der Waals surface area contributed by atoms with E-state index in [9.17, 15) is 9.90 Å². The minimum absolute atomic E-state index is 0.0246. The molecule has 4 nitrogen and oxygen atoms in total. The number of aliphatic hydroxyl groups excluding tert-OH is 1. The van der Waals surface area contributed by atoms with Gasteiger partial charge in [0.05, 0.1) is 12.1 Å². The SMILES string of the molecule is CCNC(=O)C(C)NCC(O)C(C)C. The molecule has 0 rings (SSSR count). The maximum absolute atomic E-state index is 11.3. The van der Waals surface area contributed by atoms with Gasteiger partial charge in [0.1, 0.15) is 0 Å². The van der Waals surface area contributed by atoms with Crippen LogP contribution in [-0.2, 0) is 4.79 Å². The van der Waals surface area contributed by atoms with Crippen LogP contribution in [0.5, 0.6) is 0 Å². The molecule has 0 heterocycles. The Morgan fingerprint density at radius 3 is 2.36 bits per heavy atom. The number of likely N-dealkylation sites (N-methyl/N-ethyl adjacent to an activating group) is 1. The molecule has 0 spiro atoms. The molecule has 14 heavy (non-hydrogen) atoms. The van der Waals surface area contributed by atoms with Crippen molar-refractivity contribution < 1.29 is 9.90 Å². The van der Waals surface area contributed by atoms with E-state index in [-0.39, 0.29) is 17.9 Å². The standard InChI is InChI=1S/C10H22N2O2/c1-5-11-10(14)8(4)12-6-9(13)7(2)3/h7-9,12-13H,5-6H2,1-4H3,(H,11,14). The molecular formula is C10H22N2O2. The van der Waals surface area contributed by atoms with Gasteiger partial charge in [-0.15, -0.1) is 0 Å². The van der Waals surface area contributed by atoms with Crippen molar-refractivity contribution >= 4 is 5.91 Å². The molecule has 0 aromatic carbocycles. The number of carbonyl (C=O) groups is 1. The molecule has 2 atom stereocenters. The Morgan fingerprint density at radius 1 is 1.36 bits per heavy atom. The summed E-state index contributed by atoms with van der Waals surface area (Å²) in [6, 6.07) is -0.247. The van der Waals surface area contributed by atoms with Crippen molar-refractivity contribution in [1.29, 1.82) is 0 Å². The highest BCUT2D eigenvalue weighted by atomic mass is 16.3. The summed E-state index contributed by atoms with van der Waals surface area (Å²) in [5.41, 5.74) is 0. The maximum Gasteiger partial charge on any atom is 0.236 e. The fourth-order valence-corrected chi connectivity index (χ4v) is 0.953. The number of hydrogen-bond acceptors (Lipinski definition) is 3. The molecule has 0 radical (unpaired) electrons. The molecule has 2 unspecified atom stereocenters. The Labute approximate surface area is 86.1 Å². The fourth-order valence-electron chi connectivity index (χ4n) is 0.953. The normalized spacial score (nSPS) is 15.3. The summed E-state index contributed by atoms with van der Waals surface area (Å²) >= 11 is 0. The quantitative estimate of drug-likeness (QED) is 0.573. The van der Waals surface area contributed by atoms with E-state index >= 15 is 0 Å². The molecule has 0 aromatic heterocycles. The van der Waals surface area contributed by atoms with Gasteiger partial charge in [0, 0.05) is 13.1 Å². The lowest BCUT2D eigenvalue weighted by atomic mass is 10.1. The number of nitrogens with one attached hydrogen (secondary N) is 2. The Kier molecular flexibility index (Phi) is 6.49. The molecule has 4 heteroatoms. The second-order valence-electron chi connectivity index (χ2n) is 3.84. The van der Waals surface area contributed by atoms with Crippen molar-refractivity contribution in [2.24, 2.45) is 5.92 Å². The third-order valence-corrected chi connectivity index (χ3v) is 2.15. The Morgan fingerprint density at radius 2 is 1.93 bits per heavy atom. The van der Waals surface area contributed by atoms with Gasteiger partial charge in [-0.3, -0.25) is 4.79 Å². The number of hydrogen-bond donors (Lipinski definition) is 3. The average Bonchev–Trinajstić information content (AvgIpc) is 2.13. The molecule has 0 aromatic rings. The van der Waals surface area contributed by atoms with Gasteiger partial charge in [-0.1, -0.05) is 13.8 Å². The van der Waals surface area contributed by atoms with Crippen LogP contribution in [0, 0.1) is 5.92 Å². The van der Waals surface area contributed by atoms with Crippen LogP contribution in [-0.4, -0.2) is 36.2 Å². The first-order valence-corrected chi connectivity index (χ1v) is 5.18. The third-order valence-electron chi connectivity index (χ3n) is 2.15. The highest BCUT2D eigenvalue weighted by Gasteiger charge is 2.14. The van der Waals surface area contributed by atoms with Gasteiger partial charge in [-0.2, -0.15) is 0 Å². The van der Waals surface area contributed by atoms with Crippen LogP contribution in [0.25, 0.3) is 0 Å². The van der Waals surface area contributed by atoms with Crippen molar-refractivity contribution in [1.82, 2.24) is 10.6 Å². The Hall–Kier alpha value is -0.610. The first-order valence-electron chi connectivity index (χ1n) is 5.18. The van der Waals surface area contributed by atoms with Crippen molar-refractivity contribution in [3.05, 3.63) is 0 Å². The summed E-state index contributed by atoms with van der Waals surface area (Å²) in [4.78, 5) is 11.3. The molecule has 0 saturated heterocycles. The summed E-state index contributed by atoms with van der Waals surface area (Å²) < 4.78 is 0. The molecule has 84 valence electrons. The molecule has 0 fully saturated rings. The first kappa shape index (κ1) is 13.4. The number of carbonyl (C=O) groups excluding carboxylic acids is 1. The smallest absolute Gasteiger partial charge is 0.236 e. The fraction of sp³-hybridized carbons (Fsp3) is 0.900. The number of aliphatic hydroxyl groups is 1. The van der Waals surface area contributed by atoms with E-state index in [1.165, 1.54) is 0 Å². The van der Waals surface area contributed by atoms with E-state index in [0.29, 0.717) is 13.1 Å². The summed E-state index contributed by atoms with van der Waals surface area (Å²) in [6.45, 7) is 8.66. The Balaban J connectivity index is 3.72. The van der Waals surface area contributed by atoms with Crippen LogP contribution in [0.3, 0.4) is 0 Å². The van der Waals surface area contributed by atoms with Crippen LogP contribution in [0.1, 0.15) is 27.7 Å². The molecule has 0 aliphatic rings.